The summed E-state index contributed by atoms with van der Waals surface area (Å²) in [6.07, 6.45) is 0. The zero-order valence-electron chi connectivity index (χ0n) is 17.7. The van der Waals surface area contributed by atoms with Gasteiger partial charge < -0.3 is 9.15 Å². The number of nitriles is 1. The number of hydrogen-bond acceptors (Lipinski definition) is 9. The van der Waals surface area contributed by atoms with E-state index in [0.29, 0.717) is 27.1 Å². The highest BCUT2D eigenvalue weighted by Gasteiger charge is 2.32. The smallest absolute Gasteiger partial charge is 0.365 e. The Labute approximate surface area is 211 Å². The lowest BCUT2D eigenvalue weighted by Crippen LogP contribution is -2.13. The molecule has 10 heteroatoms. The highest BCUT2D eigenvalue weighted by molar-refractivity contribution is 9.10. The molecule has 7 nitrogen and oxygen atoms in total. The fraction of sp³-hybridized carbons (Fsp3) is 0.0833. The monoisotopic (exact) mass is 550 g/mol. The summed E-state index contributed by atoms with van der Waals surface area (Å²) in [7, 11) is 0. The molecule has 0 spiro atoms. The van der Waals surface area contributed by atoms with E-state index in [1.165, 1.54) is 11.3 Å². The molecule has 34 heavy (non-hydrogen) atoms. The first-order valence-electron chi connectivity index (χ1n) is 10.2. The van der Waals surface area contributed by atoms with Crippen LogP contribution in [0.2, 0.25) is 0 Å². The molecule has 0 saturated carbocycles. The summed E-state index contributed by atoms with van der Waals surface area (Å²) in [5.74, 6) is 0.0781. The molecule has 0 aliphatic carbocycles. The summed E-state index contributed by atoms with van der Waals surface area (Å²) in [5.41, 5.74) is 2.41. The summed E-state index contributed by atoms with van der Waals surface area (Å²) in [6, 6.07) is 19.3. The molecule has 1 aliphatic rings. The number of allylic oxidation sites excluding steroid dienone is 1. The summed E-state index contributed by atoms with van der Waals surface area (Å²) in [6.45, 7) is 1.97. The Morgan fingerprint density at radius 1 is 1.24 bits per heavy atom. The van der Waals surface area contributed by atoms with Crippen LogP contribution in [-0.2, 0) is 9.53 Å². The van der Waals surface area contributed by atoms with Crippen molar-refractivity contribution in [2.24, 2.45) is 5.10 Å². The predicted octanol–water partition coefficient (Wildman–Crippen LogP) is 6.64. The van der Waals surface area contributed by atoms with Gasteiger partial charge in [0.05, 0.1) is 12.3 Å². The standard InChI is InChI=1S/C24H15BrN4O3S2/c1-2-31-24(30)22-28-29(16-6-4-3-5-7-16)23(34-22)17(12-26)21-27-18(13-33-21)20-11-14-10-15(25)8-9-19(14)32-20/h3-11,13H,2H2,1H3/b23-17+. The van der Waals surface area contributed by atoms with Gasteiger partial charge in [-0.05, 0) is 55.1 Å². The topological polar surface area (TPSA) is 91.7 Å². The van der Waals surface area contributed by atoms with Crippen LogP contribution in [0.15, 0.2) is 79.0 Å². The van der Waals surface area contributed by atoms with Gasteiger partial charge in [-0.25, -0.2) is 14.8 Å². The molecule has 2 aromatic heterocycles. The quantitative estimate of drug-likeness (QED) is 0.203. The zero-order chi connectivity index (χ0) is 23.7. The lowest BCUT2D eigenvalue weighted by molar-refractivity contribution is -0.134. The molecule has 0 bridgehead atoms. The molecule has 0 amide bonds. The fourth-order valence-corrected chi connectivity index (χ4v) is 5.47. The van der Waals surface area contributed by atoms with Crippen LogP contribution in [0, 0.1) is 11.3 Å². The van der Waals surface area contributed by atoms with Gasteiger partial charge in [0.1, 0.15) is 33.0 Å². The number of esters is 1. The third-order valence-electron chi connectivity index (χ3n) is 4.80. The molecule has 168 valence electrons. The average Bonchev–Trinajstić information content (AvgIpc) is 3.59. The maximum Gasteiger partial charge on any atom is 0.365 e. The molecule has 0 radical (unpaired) electrons. The Hall–Kier alpha value is -3.39. The highest BCUT2D eigenvalue weighted by atomic mass is 79.9. The number of nitrogens with zero attached hydrogens (tertiary/aromatic N) is 4. The average molecular weight is 551 g/mol. The van der Waals surface area contributed by atoms with Gasteiger partial charge >= 0.3 is 5.97 Å². The van der Waals surface area contributed by atoms with E-state index in [9.17, 15) is 10.1 Å². The minimum atomic E-state index is -0.533. The van der Waals surface area contributed by atoms with Crippen LogP contribution in [0.5, 0.6) is 0 Å². The Bertz CT molecular complexity index is 1500. The molecule has 0 fully saturated rings. The van der Waals surface area contributed by atoms with Crippen molar-refractivity contribution in [1.29, 1.82) is 5.26 Å². The van der Waals surface area contributed by atoms with Crippen LogP contribution < -0.4 is 5.01 Å². The number of thiazole rings is 1. The fourth-order valence-electron chi connectivity index (χ4n) is 3.30. The van der Waals surface area contributed by atoms with Crippen LogP contribution in [0.3, 0.4) is 0 Å². The maximum absolute atomic E-state index is 12.4. The van der Waals surface area contributed by atoms with Gasteiger partial charge in [0.25, 0.3) is 0 Å². The van der Waals surface area contributed by atoms with Crippen molar-refractivity contribution in [3.05, 3.63) is 74.5 Å². The molecule has 2 aromatic carbocycles. The molecule has 5 rings (SSSR count). The Morgan fingerprint density at radius 3 is 2.82 bits per heavy atom. The number of aromatic nitrogens is 1. The second-order valence-corrected chi connectivity index (χ2v) is 9.75. The number of anilines is 1. The van der Waals surface area contributed by atoms with Crippen molar-refractivity contribution in [2.45, 2.75) is 6.92 Å². The lowest BCUT2D eigenvalue weighted by Gasteiger charge is -2.16. The van der Waals surface area contributed by atoms with E-state index in [4.69, 9.17) is 9.15 Å². The summed E-state index contributed by atoms with van der Waals surface area (Å²) >= 11 is 5.89. The number of fused-ring (bicyclic) bond motifs is 1. The second kappa shape index (κ2) is 9.46. The van der Waals surface area contributed by atoms with E-state index in [2.05, 4.69) is 32.1 Å². The molecule has 1 aliphatic heterocycles. The number of halogens is 1. The first kappa shape index (κ1) is 22.4. The largest absolute Gasteiger partial charge is 0.461 e. The maximum atomic E-state index is 12.4. The summed E-state index contributed by atoms with van der Waals surface area (Å²) in [5, 5.41) is 20.0. The molecule has 3 heterocycles. The number of hydrazone groups is 1. The Balaban J connectivity index is 1.55. The van der Waals surface area contributed by atoms with E-state index >= 15 is 0 Å². The number of ether oxygens (including phenoxy) is 1. The molecular weight excluding hydrogens is 536 g/mol. The van der Waals surface area contributed by atoms with Crippen LogP contribution in [0.25, 0.3) is 28.0 Å². The van der Waals surface area contributed by atoms with Crippen LogP contribution in [-0.4, -0.2) is 22.6 Å². The third-order valence-corrected chi connectivity index (χ3v) is 7.17. The SMILES string of the molecule is CCOC(=O)C1=NN(c2ccccc2)/C(=C(/C#N)c2nc(-c3cc4cc(Br)ccc4o3)cs2)S1. The van der Waals surface area contributed by atoms with E-state index in [1.54, 1.807) is 11.9 Å². The molecule has 0 atom stereocenters. The normalized spacial score (nSPS) is 14.7. The molecular formula is C24H15BrN4O3S2. The van der Waals surface area contributed by atoms with Crippen molar-refractivity contribution < 1.29 is 13.9 Å². The van der Waals surface area contributed by atoms with E-state index in [-0.39, 0.29) is 11.7 Å². The van der Waals surface area contributed by atoms with Gasteiger partial charge in [-0.15, -0.1) is 11.3 Å². The van der Waals surface area contributed by atoms with Crippen molar-refractivity contribution in [3.8, 4) is 17.5 Å². The van der Waals surface area contributed by atoms with Gasteiger partial charge in [0.2, 0.25) is 5.04 Å². The molecule has 0 saturated heterocycles. The van der Waals surface area contributed by atoms with Gasteiger partial charge in [0.15, 0.2) is 5.76 Å². The minimum absolute atomic E-state index is 0.160. The first-order chi connectivity index (χ1) is 16.6. The molecule has 0 N–H and O–H groups in total. The predicted molar refractivity (Wildman–Crippen MR) is 138 cm³/mol. The number of carbonyl (C=O) groups is 1. The zero-order valence-corrected chi connectivity index (χ0v) is 20.9. The van der Waals surface area contributed by atoms with Crippen LogP contribution >= 0.6 is 39.0 Å². The number of thioether (sulfide) groups is 1. The second-order valence-electron chi connectivity index (χ2n) is 7.00. The van der Waals surface area contributed by atoms with Gasteiger partial charge in [0, 0.05) is 15.2 Å². The number of hydrogen-bond donors (Lipinski definition) is 0. The minimum Gasteiger partial charge on any atom is -0.461 e. The molecule has 4 aromatic rings. The summed E-state index contributed by atoms with van der Waals surface area (Å²) in [4.78, 5) is 17.1. The first-order valence-corrected chi connectivity index (χ1v) is 12.6. The van der Waals surface area contributed by atoms with Gasteiger partial charge in [-0.1, -0.05) is 34.1 Å². The van der Waals surface area contributed by atoms with Crippen molar-refractivity contribution in [2.75, 3.05) is 11.6 Å². The lowest BCUT2D eigenvalue weighted by atomic mass is 10.2. The van der Waals surface area contributed by atoms with Crippen LogP contribution in [0.4, 0.5) is 5.69 Å². The van der Waals surface area contributed by atoms with E-state index < -0.39 is 5.97 Å². The number of para-hydroxylation sites is 1. The van der Waals surface area contributed by atoms with E-state index in [0.717, 1.165) is 32.9 Å². The van der Waals surface area contributed by atoms with Gasteiger partial charge in [-0.2, -0.15) is 10.4 Å². The highest BCUT2D eigenvalue weighted by Crippen LogP contribution is 2.41. The summed E-state index contributed by atoms with van der Waals surface area (Å²) < 4.78 is 12.0. The Morgan fingerprint density at radius 2 is 2.06 bits per heavy atom. The number of benzene rings is 2. The number of carbonyl (C=O) groups excluding carboxylic acids is 1. The van der Waals surface area contributed by atoms with Crippen LogP contribution in [0.1, 0.15) is 11.9 Å². The van der Waals surface area contributed by atoms with Crippen molar-refractivity contribution in [1.82, 2.24) is 4.98 Å². The Kier molecular flexibility index (Phi) is 6.24. The van der Waals surface area contributed by atoms with Crippen molar-refractivity contribution >= 4 is 72.3 Å². The molecule has 0 unspecified atom stereocenters. The number of furan rings is 1. The third kappa shape index (κ3) is 4.25. The van der Waals surface area contributed by atoms with Gasteiger partial charge in [-0.3, -0.25) is 0 Å². The van der Waals surface area contributed by atoms with Crippen molar-refractivity contribution in [3.63, 3.8) is 0 Å². The van der Waals surface area contributed by atoms with E-state index in [1.807, 2.05) is 60.0 Å². The number of rotatable bonds is 5.